The maximum Gasteiger partial charge on any atom is 0.227 e. The smallest absolute Gasteiger partial charge is 0.227 e. The summed E-state index contributed by atoms with van der Waals surface area (Å²) in [6.07, 6.45) is 7.02. The molecule has 116 valence electrons. The van der Waals surface area contributed by atoms with Crippen molar-refractivity contribution in [3.63, 3.8) is 0 Å². The topological polar surface area (TPSA) is 92.7 Å². The second-order valence-corrected chi connectivity index (χ2v) is 5.43. The van der Waals surface area contributed by atoms with Crippen LogP contribution in [0.4, 0.5) is 11.1 Å². The number of carbonyl (C=O) groups excluding carboxylic acids is 1. The zero-order valence-corrected chi connectivity index (χ0v) is 13.0. The molecule has 7 nitrogen and oxygen atoms in total. The Morgan fingerprint density at radius 1 is 1.13 bits per heavy atom. The van der Waals surface area contributed by atoms with E-state index in [0.717, 1.165) is 11.3 Å². The van der Waals surface area contributed by atoms with Crippen molar-refractivity contribution >= 4 is 28.3 Å². The SMILES string of the molecule is O=C(CCNc1ncccn1)Nc1nc(-c2ccncc2)cs1. The Balaban J connectivity index is 1.49. The first-order valence-electron chi connectivity index (χ1n) is 6.98. The second kappa shape index (κ2) is 7.41. The van der Waals surface area contributed by atoms with Crippen LogP contribution in [0.1, 0.15) is 6.42 Å². The van der Waals surface area contributed by atoms with Crippen molar-refractivity contribution < 1.29 is 4.79 Å². The summed E-state index contributed by atoms with van der Waals surface area (Å²) in [4.78, 5) is 28.3. The van der Waals surface area contributed by atoms with E-state index in [0.29, 0.717) is 24.0 Å². The van der Waals surface area contributed by atoms with Gasteiger partial charge >= 0.3 is 0 Å². The van der Waals surface area contributed by atoms with Crippen LogP contribution in [-0.4, -0.2) is 32.4 Å². The van der Waals surface area contributed by atoms with Crippen LogP contribution in [-0.2, 0) is 4.79 Å². The molecular weight excluding hydrogens is 312 g/mol. The van der Waals surface area contributed by atoms with Crippen LogP contribution in [0.2, 0.25) is 0 Å². The zero-order valence-electron chi connectivity index (χ0n) is 12.1. The summed E-state index contributed by atoms with van der Waals surface area (Å²) >= 11 is 1.39. The molecular formula is C15H14N6OS. The van der Waals surface area contributed by atoms with Gasteiger partial charge in [-0.25, -0.2) is 15.0 Å². The molecule has 8 heteroatoms. The van der Waals surface area contributed by atoms with Crippen molar-refractivity contribution in [2.24, 2.45) is 0 Å². The van der Waals surface area contributed by atoms with Crippen LogP contribution in [0.5, 0.6) is 0 Å². The van der Waals surface area contributed by atoms with Gasteiger partial charge in [-0.3, -0.25) is 9.78 Å². The number of rotatable bonds is 6. The summed E-state index contributed by atoms with van der Waals surface area (Å²) in [5.41, 5.74) is 1.79. The third kappa shape index (κ3) is 4.30. The third-order valence-corrected chi connectivity index (χ3v) is 3.69. The van der Waals surface area contributed by atoms with E-state index < -0.39 is 0 Å². The van der Waals surface area contributed by atoms with Crippen molar-refractivity contribution in [1.29, 1.82) is 0 Å². The van der Waals surface area contributed by atoms with Gasteiger partial charge in [0.15, 0.2) is 5.13 Å². The van der Waals surface area contributed by atoms with Crippen LogP contribution in [0.3, 0.4) is 0 Å². The zero-order chi connectivity index (χ0) is 15.9. The summed E-state index contributed by atoms with van der Waals surface area (Å²) in [6.45, 7) is 0.457. The summed E-state index contributed by atoms with van der Waals surface area (Å²) in [5, 5.41) is 8.26. The van der Waals surface area contributed by atoms with Crippen molar-refractivity contribution in [2.45, 2.75) is 6.42 Å². The highest BCUT2D eigenvalue weighted by Crippen LogP contribution is 2.24. The molecule has 0 atom stereocenters. The average Bonchev–Trinajstić information content (AvgIpc) is 3.05. The number of carbonyl (C=O) groups is 1. The van der Waals surface area contributed by atoms with Crippen LogP contribution in [0, 0.1) is 0 Å². The van der Waals surface area contributed by atoms with Gasteiger partial charge < -0.3 is 10.6 Å². The quantitative estimate of drug-likeness (QED) is 0.723. The molecule has 0 spiro atoms. The molecule has 0 aliphatic carbocycles. The number of hydrogen-bond acceptors (Lipinski definition) is 7. The lowest BCUT2D eigenvalue weighted by Gasteiger charge is -2.04. The van der Waals surface area contributed by atoms with Crippen LogP contribution < -0.4 is 10.6 Å². The summed E-state index contributed by atoms with van der Waals surface area (Å²) in [6, 6.07) is 5.50. The van der Waals surface area contributed by atoms with E-state index in [2.05, 4.69) is 30.6 Å². The Morgan fingerprint density at radius 2 is 1.91 bits per heavy atom. The van der Waals surface area contributed by atoms with E-state index in [1.54, 1.807) is 30.9 Å². The first-order chi connectivity index (χ1) is 11.3. The van der Waals surface area contributed by atoms with Crippen LogP contribution >= 0.6 is 11.3 Å². The molecule has 2 N–H and O–H groups in total. The van der Waals surface area contributed by atoms with Gasteiger partial charge in [0.1, 0.15) is 0 Å². The Labute approximate surface area is 136 Å². The molecule has 0 unspecified atom stereocenters. The van der Waals surface area contributed by atoms with Gasteiger partial charge in [-0.15, -0.1) is 11.3 Å². The molecule has 0 aliphatic heterocycles. The van der Waals surface area contributed by atoms with E-state index >= 15 is 0 Å². The number of amides is 1. The minimum atomic E-state index is -0.107. The van der Waals surface area contributed by atoms with Crippen LogP contribution in [0.15, 0.2) is 48.4 Å². The molecule has 3 heterocycles. The minimum Gasteiger partial charge on any atom is -0.354 e. The fourth-order valence-electron chi connectivity index (χ4n) is 1.85. The molecule has 0 radical (unpaired) electrons. The van der Waals surface area contributed by atoms with Crippen LogP contribution in [0.25, 0.3) is 11.3 Å². The second-order valence-electron chi connectivity index (χ2n) is 4.57. The molecule has 3 aromatic heterocycles. The first-order valence-corrected chi connectivity index (χ1v) is 7.86. The monoisotopic (exact) mass is 326 g/mol. The van der Waals surface area contributed by atoms with Gasteiger partial charge in [-0.2, -0.15) is 0 Å². The molecule has 3 rings (SSSR count). The lowest BCUT2D eigenvalue weighted by molar-refractivity contribution is -0.115. The molecule has 0 bridgehead atoms. The fraction of sp³-hybridized carbons (Fsp3) is 0.133. The van der Waals surface area contributed by atoms with Crippen molar-refractivity contribution in [3.8, 4) is 11.3 Å². The van der Waals surface area contributed by atoms with Crippen molar-refractivity contribution in [3.05, 3.63) is 48.4 Å². The standard InChI is InChI=1S/C15H14N6OS/c22-13(4-9-19-14-17-5-1-6-18-14)21-15-20-12(10-23-15)11-2-7-16-8-3-11/h1-3,5-8,10H,4,9H2,(H,17,18,19)(H,20,21,22). The largest absolute Gasteiger partial charge is 0.354 e. The third-order valence-electron chi connectivity index (χ3n) is 2.93. The number of nitrogens with zero attached hydrogens (tertiary/aromatic N) is 4. The van der Waals surface area contributed by atoms with Gasteiger partial charge in [0.25, 0.3) is 0 Å². The number of nitrogens with one attached hydrogen (secondary N) is 2. The Bertz CT molecular complexity index is 762. The lowest BCUT2D eigenvalue weighted by atomic mass is 10.2. The first kappa shape index (κ1) is 15.0. The maximum atomic E-state index is 11.9. The van der Waals surface area contributed by atoms with Gasteiger partial charge in [0.05, 0.1) is 5.69 Å². The predicted octanol–water partition coefficient (Wildman–Crippen LogP) is 2.44. The molecule has 3 aromatic rings. The Kier molecular flexibility index (Phi) is 4.85. The normalized spacial score (nSPS) is 10.3. The van der Waals surface area contributed by atoms with E-state index in [1.807, 2.05) is 17.5 Å². The number of thiazole rings is 1. The predicted molar refractivity (Wildman–Crippen MR) is 89.1 cm³/mol. The molecule has 0 aliphatic rings. The van der Waals surface area contributed by atoms with Gasteiger partial charge in [0.2, 0.25) is 11.9 Å². The highest BCUT2D eigenvalue weighted by Gasteiger charge is 2.08. The van der Waals surface area contributed by atoms with Crippen molar-refractivity contribution in [2.75, 3.05) is 17.2 Å². The number of aromatic nitrogens is 4. The number of anilines is 2. The van der Waals surface area contributed by atoms with Gasteiger partial charge in [0, 0.05) is 48.7 Å². The molecule has 23 heavy (non-hydrogen) atoms. The van der Waals surface area contributed by atoms with E-state index in [-0.39, 0.29) is 5.91 Å². The Hall–Kier alpha value is -2.87. The van der Waals surface area contributed by atoms with Crippen molar-refractivity contribution in [1.82, 2.24) is 19.9 Å². The summed E-state index contributed by atoms with van der Waals surface area (Å²) < 4.78 is 0. The molecule has 0 fully saturated rings. The van der Waals surface area contributed by atoms with E-state index in [9.17, 15) is 4.79 Å². The number of hydrogen-bond donors (Lipinski definition) is 2. The summed E-state index contributed by atoms with van der Waals surface area (Å²) in [5.74, 6) is 0.401. The van der Waals surface area contributed by atoms with E-state index in [4.69, 9.17) is 0 Å². The highest BCUT2D eigenvalue weighted by atomic mass is 32.1. The molecule has 0 aromatic carbocycles. The van der Waals surface area contributed by atoms with Gasteiger partial charge in [-0.05, 0) is 18.2 Å². The number of pyridine rings is 1. The minimum absolute atomic E-state index is 0.107. The average molecular weight is 326 g/mol. The van der Waals surface area contributed by atoms with E-state index in [1.165, 1.54) is 11.3 Å². The molecule has 0 saturated heterocycles. The highest BCUT2D eigenvalue weighted by molar-refractivity contribution is 7.14. The fourth-order valence-corrected chi connectivity index (χ4v) is 2.58. The summed E-state index contributed by atoms with van der Waals surface area (Å²) in [7, 11) is 0. The molecule has 0 saturated carbocycles. The van der Waals surface area contributed by atoms with Gasteiger partial charge in [-0.1, -0.05) is 0 Å². The Morgan fingerprint density at radius 3 is 2.70 bits per heavy atom. The molecule has 1 amide bonds. The lowest BCUT2D eigenvalue weighted by Crippen LogP contribution is -2.16. The maximum absolute atomic E-state index is 11.9.